The monoisotopic (exact) mass is 300 g/mol. The van der Waals surface area contributed by atoms with Crippen molar-refractivity contribution < 1.29 is 9.90 Å². The fourth-order valence-corrected chi connectivity index (χ4v) is 6.54. The molecule has 2 heteroatoms. The van der Waals surface area contributed by atoms with E-state index < -0.39 is 0 Å². The van der Waals surface area contributed by atoms with E-state index >= 15 is 0 Å². The molecule has 120 valence electrons. The molecule has 2 nitrogen and oxygen atoms in total. The maximum absolute atomic E-state index is 12.4. The molecule has 3 fully saturated rings. The molecule has 0 amide bonds. The molecule has 0 aromatic heterocycles. The van der Waals surface area contributed by atoms with Crippen molar-refractivity contribution in [3.8, 4) is 0 Å². The molecule has 0 aromatic rings. The molecule has 4 rings (SSSR count). The van der Waals surface area contributed by atoms with E-state index in [1.807, 2.05) is 0 Å². The Morgan fingerprint density at radius 1 is 1.00 bits per heavy atom. The third-order valence-corrected chi connectivity index (χ3v) is 7.95. The van der Waals surface area contributed by atoms with Gasteiger partial charge in [0.2, 0.25) is 0 Å². The number of rotatable bonds is 0. The van der Waals surface area contributed by atoms with Crippen molar-refractivity contribution >= 4 is 5.78 Å². The topological polar surface area (TPSA) is 37.3 Å². The van der Waals surface area contributed by atoms with Crippen LogP contribution >= 0.6 is 0 Å². The van der Waals surface area contributed by atoms with Gasteiger partial charge in [-0.2, -0.15) is 0 Å². The average molecular weight is 300 g/mol. The average Bonchev–Trinajstić information content (AvgIpc) is 2.79. The number of Topliss-reactive ketones (excluding diaryl/α,β-unsaturated/α-hetero) is 1. The smallest absolute Gasteiger partial charge is 0.139 e. The van der Waals surface area contributed by atoms with Crippen molar-refractivity contribution in [1.82, 2.24) is 0 Å². The summed E-state index contributed by atoms with van der Waals surface area (Å²) >= 11 is 0. The van der Waals surface area contributed by atoms with Gasteiger partial charge in [-0.25, -0.2) is 0 Å². The molecule has 5 atom stereocenters. The third kappa shape index (κ3) is 1.64. The van der Waals surface area contributed by atoms with Gasteiger partial charge in [0.1, 0.15) is 11.5 Å². The van der Waals surface area contributed by atoms with Crippen LogP contribution in [0.2, 0.25) is 0 Å². The Balaban J connectivity index is 1.73. The number of ketones is 1. The van der Waals surface area contributed by atoms with Gasteiger partial charge in [0.15, 0.2) is 0 Å². The highest BCUT2D eigenvalue weighted by molar-refractivity contribution is 5.87. The Morgan fingerprint density at radius 3 is 2.50 bits per heavy atom. The molecule has 3 saturated carbocycles. The first-order valence-electron chi connectivity index (χ1n) is 9.02. The highest BCUT2D eigenvalue weighted by Crippen LogP contribution is 2.65. The summed E-state index contributed by atoms with van der Waals surface area (Å²) < 4.78 is 0. The minimum atomic E-state index is -0.0426. The molecule has 22 heavy (non-hydrogen) atoms. The summed E-state index contributed by atoms with van der Waals surface area (Å²) in [6, 6.07) is 0. The summed E-state index contributed by atoms with van der Waals surface area (Å²) in [5.41, 5.74) is 2.31. The molecule has 1 N–H and O–H groups in total. The third-order valence-electron chi connectivity index (χ3n) is 7.95. The maximum atomic E-state index is 12.4. The molecular formula is C20H28O2. The van der Waals surface area contributed by atoms with E-state index in [1.54, 1.807) is 0 Å². The number of carbonyl (C=O) groups is 1. The lowest BCUT2D eigenvalue weighted by molar-refractivity contribution is -0.132. The summed E-state index contributed by atoms with van der Waals surface area (Å²) in [5.74, 6) is 2.95. The first kappa shape index (κ1) is 14.5. The van der Waals surface area contributed by atoms with Gasteiger partial charge in [0.05, 0.1) is 0 Å². The van der Waals surface area contributed by atoms with Crippen LogP contribution in [0.3, 0.4) is 0 Å². The zero-order valence-corrected chi connectivity index (χ0v) is 14.0. The Kier molecular flexibility index (Phi) is 2.97. The molecule has 0 unspecified atom stereocenters. The second kappa shape index (κ2) is 4.49. The molecule has 0 aliphatic heterocycles. The van der Waals surface area contributed by atoms with Crippen LogP contribution in [0.5, 0.6) is 0 Å². The number of fused-ring (bicyclic) bond motifs is 5. The largest absolute Gasteiger partial charge is 0.508 e. The molecule has 0 bridgehead atoms. The maximum Gasteiger partial charge on any atom is 0.139 e. The van der Waals surface area contributed by atoms with Gasteiger partial charge in [-0.15, -0.1) is 0 Å². The first-order chi connectivity index (χ1) is 10.4. The lowest BCUT2D eigenvalue weighted by atomic mass is 9.47. The van der Waals surface area contributed by atoms with Gasteiger partial charge in [-0.05, 0) is 79.3 Å². The number of hydrogen-bond donors (Lipinski definition) is 1. The summed E-state index contributed by atoms with van der Waals surface area (Å²) in [5, 5.41) is 10.5. The molecule has 0 spiro atoms. The van der Waals surface area contributed by atoms with Crippen LogP contribution in [-0.2, 0) is 4.79 Å². The van der Waals surface area contributed by atoms with Gasteiger partial charge in [-0.1, -0.05) is 20.4 Å². The van der Waals surface area contributed by atoms with Crippen LogP contribution in [0.1, 0.15) is 65.2 Å². The SMILES string of the molecule is C=C1CC[C@@]2(C)C(=C1O)CC[C@@H]1[C@H]2CC[C@]2(C)C(=O)CC[C@@H]12. The summed E-state index contributed by atoms with van der Waals surface area (Å²) in [6.07, 6.45) is 8.32. The molecule has 0 saturated heterocycles. The van der Waals surface area contributed by atoms with Crippen LogP contribution in [0.25, 0.3) is 0 Å². The van der Waals surface area contributed by atoms with Crippen LogP contribution in [0, 0.1) is 28.6 Å². The highest BCUT2D eigenvalue weighted by Gasteiger charge is 2.59. The van der Waals surface area contributed by atoms with Crippen molar-refractivity contribution in [3.63, 3.8) is 0 Å². The van der Waals surface area contributed by atoms with E-state index in [9.17, 15) is 9.90 Å². The van der Waals surface area contributed by atoms with Gasteiger partial charge >= 0.3 is 0 Å². The molecule has 0 radical (unpaired) electrons. The predicted octanol–water partition coefficient (Wildman–Crippen LogP) is 4.96. The minimum absolute atomic E-state index is 0.0426. The van der Waals surface area contributed by atoms with Crippen LogP contribution in [0.15, 0.2) is 23.5 Å². The molecule has 4 aliphatic rings. The Morgan fingerprint density at radius 2 is 1.73 bits per heavy atom. The quantitative estimate of drug-likeness (QED) is 0.686. The standard InChI is InChI=1S/C20H28O2/c1-12-8-10-19(2)15-9-11-20(3)14(6-7-17(20)21)13(15)4-5-16(19)18(12)22/h13-15,22H,1,4-11H2,2-3H3/t13-,14-,15+,19+,20-/m0/s1. The number of carbonyl (C=O) groups excluding carboxylic acids is 1. The van der Waals surface area contributed by atoms with Crippen LogP contribution in [0.4, 0.5) is 0 Å². The minimum Gasteiger partial charge on any atom is -0.508 e. The fourth-order valence-electron chi connectivity index (χ4n) is 6.54. The van der Waals surface area contributed by atoms with E-state index in [2.05, 4.69) is 20.4 Å². The van der Waals surface area contributed by atoms with Crippen molar-refractivity contribution in [3.05, 3.63) is 23.5 Å². The Labute approximate surface area is 133 Å². The molecule has 4 aliphatic carbocycles. The summed E-state index contributed by atoms with van der Waals surface area (Å²) in [6.45, 7) is 8.65. The van der Waals surface area contributed by atoms with Crippen molar-refractivity contribution in [2.75, 3.05) is 0 Å². The number of allylic oxidation sites excluding steroid dienone is 2. The number of aliphatic hydroxyl groups is 1. The zero-order chi connectivity index (χ0) is 15.7. The van der Waals surface area contributed by atoms with Crippen molar-refractivity contribution in [2.45, 2.75) is 65.2 Å². The van der Waals surface area contributed by atoms with Crippen LogP contribution in [-0.4, -0.2) is 10.9 Å². The Hall–Kier alpha value is -1.05. The normalized spacial score (nSPS) is 48.0. The zero-order valence-electron chi connectivity index (χ0n) is 14.0. The molecular weight excluding hydrogens is 272 g/mol. The summed E-state index contributed by atoms with van der Waals surface area (Å²) in [7, 11) is 0. The van der Waals surface area contributed by atoms with E-state index in [0.29, 0.717) is 29.3 Å². The van der Waals surface area contributed by atoms with Crippen molar-refractivity contribution in [1.29, 1.82) is 0 Å². The van der Waals surface area contributed by atoms with Crippen LogP contribution < -0.4 is 0 Å². The van der Waals surface area contributed by atoms with E-state index in [-0.39, 0.29) is 10.8 Å². The first-order valence-corrected chi connectivity index (χ1v) is 9.02. The van der Waals surface area contributed by atoms with E-state index in [4.69, 9.17) is 0 Å². The lowest BCUT2D eigenvalue weighted by Gasteiger charge is -2.57. The van der Waals surface area contributed by atoms with Gasteiger partial charge in [-0.3, -0.25) is 4.79 Å². The van der Waals surface area contributed by atoms with E-state index in [1.165, 1.54) is 5.57 Å². The van der Waals surface area contributed by atoms with Crippen molar-refractivity contribution in [2.24, 2.45) is 28.6 Å². The summed E-state index contributed by atoms with van der Waals surface area (Å²) in [4.78, 5) is 12.4. The lowest BCUT2D eigenvalue weighted by Crippen LogP contribution is -2.50. The molecule has 0 aromatic carbocycles. The second-order valence-electron chi connectivity index (χ2n) is 8.68. The van der Waals surface area contributed by atoms with Gasteiger partial charge in [0.25, 0.3) is 0 Å². The predicted molar refractivity (Wildman–Crippen MR) is 87.4 cm³/mol. The fraction of sp³-hybridized carbons (Fsp3) is 0.750. The highest BCUT2D eigenvalue weighted by atomic mass is 16.3. The number of hydrogen-bond acceptors (Lipinski definition) is 2. The second-order valence-corrected chi connectivity index (χ2v) is 8.68. The van der Waals surface area contributed by atoms with Gasteiger partial charge < -0.3 is 5.11 Å². The van der Waals surface area contributed by atoms with Gasteiger partial charge in [0, 0.05) is 11.8 Å². The van der Waals surface area contributed by atoms with E-state index in [0.717, 1.165) is 56.9 Å². The Bertz CT molecular complexity index is 587. The number of aliphatic hydroxyl groups excluding tert-OH is 1. The molecule has 0 heterocycles.